The first-order chi connectivity index (χ1) is 16.5. The number of hydrogen-bond acceptors (Lipinski definition) is 6. The molecule has 4 rings (SSSR count). The van der Waals surface area contributed by atoms with Crippen LogP contribution < -0.4 is 4.74 Å². The van der Waals surface area contributed by atoms with Crippen LogP contribution in [0.15, 0.2) is 53.6 Å². The highest BCUT2D eigenvalue weighted by Gasteiger charge is 2.37. The van der Waals surface area contributed by atoms with E-state index >= 15 is 0 Å². The van der Waals surface area contributed by atoms with Gasteiger partial charge in [0, 0.05) is 12.0 Å². The fourth-order valence-corrected chi connectivity index (χ4v) is 4.59. The molecule has 2 aromatic rings. The fraction of sp³-hybridized carbons (Fsp3) is 0.423. The summed E-state index contributed by atoms with van der Waals surface area (Å²) in [4.78, 5) is 27.9. The number of benzene rings is 2. The highest BCUT2D eigenvalue weighted by molar-refractivity contribution is 6.03. The van der Waals surface area contributed by atoms with Gasteiger partial charge in [-0.3, -0.25) is 14.5 Å². The number of piperidine rings is 1. The van der Waals surface area contributed by atoms with Crippen LogP contribution in [-0.4, -0.2) is 60.3 Å². The van der Waals surface area contributed by atoms with Gasteiger partial charge >= 0.3 is 5.97 Å². The van der Waals surface area contributed by atoms with Crippen molar-refractivity contribution in [3.63, 3.8) is 0 Å². The summed E-state index contributed by atoms with van der Waals surface area (Å²) in [7, 11) is 1.60. The van der Waals surface area contributed by atoms with Gasteiger partial charge in [0.15, 0.2) is 0 Å². The van der Waals surface area contributed by atoms with E-state index in [9.17, 15) is 14.0 Å². The number of hydrogen-bond donors (Lipinski definition) is 0. The summed E-state index contributed by atoms with van der Waals surface area (Å²) >= 11 is 0. The van der Waals surface area contributed by atoms with E-state index in [1.165, 1.54) is 17.1 Å². The van der Waals surface area contributed by atoms with E-state index in [2.05, 4.69) is 0 Å². The normalized spacial score (nSPS) is 20.7. The molecule has 1 amide bonds. The van der Waals surface area contributed by atoms with Crippen LogP contribution in [0.2, 0.25) is 0 Å². The monoisotopic (exact) mass is 467 g/mol. The molecule has 2 atom stereocenters. The first kappa shape index (κ1) is 23.9. The third kappa shape index (κ3) is 5.28. The lowest BCUT2D eigenvalue weighted by molar-refractivity contribution is -0.152. The highest BCUT2D eigenvalue weighted by atomic mass is 19.1. The van der Waals surface area contributed by atoms with E-state index in [0.717, 1.165) is 29.7 Å². The Morgan fingerprint density at radius 1 is 1.15 bits per heavy atom. The zero-order valence-corrected chi connectivity index (χ0v) is 19.6. The first-order valence-corrected chi connectivity index (χ1v) is 11.7. The van der Waals surface area contributed by atoms with Gasteiger partial charge in [0.05, 0.1) is 32.0 Å². The summed E-state index contributed by atoms with van der Waals surface area (Å²) in [5.74, 6) is -0.122. The van der Waals surface area contributed by atoms with E-state index in [4.69, 9.17) is 14.6 Å². The zero-order valence-electron chi connectivity index (χ0n) is 19.6. The van der Waals surface area contributed by atoms with Crippen LogP contribution in [0.1, 0.15) is 49.8 Å². The predicted octanol–water partition coefficient (Wildman–Crippen LogP) is 3.93. The first-order valence-electron chi connectivity index (χ1n) is 11.7. The van der Waals surface area contributed by atoms with Crippen LogP contribution in [0.4, 0.5) is 4.39 Å². The van der Waals surface area contributed by atoms with Crippen LogP contribution in [0.5, 0.6) is 5.75 Å². The topological polar surface area (TPSA) is 71.4 Å². The summed E-state index contributed by atoms with van der Waals surface area (Å²) in [5.41, 5.74) is 2.42. The second-order valence-electron chi connectivity index (χ2n) is 8.52. The van der Waals surface area contributed by atoms with Gasteiger partial charge in [-0.15, -0.1) is 0 Å². The van der Waals surface area contributed by atoms with E-state index in [0.29, 0.717) is 31.7 Å². The molecule has 34 heavy (non-hydrogen) atoms. The quantitative estimate of drug-likeness (QED) is 0.577. The van der Waals surface area contributed by atoms with Gasteiger partial charge in [0.2, 0.25) is 0 Å². The van der Waals surface area contributed by atoms with E-state index < -0.39 is 6.04 Å². The third-order valence-electron chi connectivity index (χ3n) is 6.33. The molecule has 0 saturated carbocycles. The zero-order chi connectivity index (χ0) is 24.1. The largest absolute Gasteiger partial charge is 0.497 e. The van der Waals surface area contributed by atoms with E-state index in [-0.39, 0.29) is 30.3 Å². The molecule has 8 heteroatoms. The summed E-state index contributed by atoms with van der Waals surface area (Å²) in [6, 6.07) is 12.9. The lowest BCUT2D eigenvalue weighted by Crippen LogP contribution is -2.49. The molecule has 0 radical (unpaired) electrons. The van der Waals surface area contributed by atoms with Crippen molar-refractivity contribution in [1.82, 2.24) is 9.91 Å². The van der Waals surface area contributed by atoms with Crippen molar-refractivity contribution in [2.75, 3.05) is 26.8 Å². The third-order valence-corrected chi connectivity index (χ3v) is 6.33. The van der Waals surface area contributed by atoms with Crippen LogP contribution in [0.3, 0.4) is 0 Å². The van der Waals surface area contributed by atoms with Crippen molar-refractivity contribution in [3.05, 3.63) is 65.5 Å². The Morgan fingerprint density at radius 3 is 2.68 bits per heavy atom. The number of halogens is 1. The smallest absolute Gasteiger partial charge is 0.323 e. The average Bonchev–Trinajstić information content (AvgIpc) is 3.31. The average molecular weight is 468 g/mol. The van der Waals surface area contributed by atoms with Crippen molar-refractivity contribution < 1.29 is 23.5 Å². The SMILES string of the molecule is CCOC(=O)[C@@H]1CCCCN1CC(=O)N1N=C(c2cccc(OC)c2)C[C@H]1c1ccc(F)cc1. The standard InChI is InChI=1S/C26H30FN3O4/c1-3-34-26(32)23-9-4-5-14-29(23)17-25(31)30-24(18-10-12-20(27)13-11-18)16-22(28-30)19-7-6-8-21(15-19)33-2/h6-8,10-13,15,23-24H,3-5,9,14,16-17H2,1-2H3/t23-,24-/m0/s1. The van der Waals surface area contributed by atoms with Crippen molar-refractivity contribution in [1.29, 1.82) is 0 Å². The number of carbonyl (C=O) groups is 2. The molecule has 0 N–H and O–H groups in total. The Labute approximate surface area is 199 Å². The molecule has 1 saturated heterocycles. The molecule has 0 bridgehead atoms. The molecule has 2 heterocycles. The van der Waals surface area contributed by atoms with Gasteiger partial charge in [-0.2, -0.15) is 5.10 Å². The predicted molar refractivity (Wildman–Crippen MR) is 126 cm³/mol. The Balaban J connectivity index is 1.60. The van der Waals surface area contributed by atoms with Crippen molar-refractivity contribution in [3.8, 4) is 5.75 Å². The second-order valence-corrected chi connectivity index (χ2v) is 8.52. The number of amides is 1. The van der Waals surface area contributed by atoms with Gasteiger partial charge in [-0.25, -0.2) is 9.40 Å². The number of nitrogens with zero attached hydrogens (tertiary/aromatic N) is 3. The van der Waals surface area contributed by atoms with Crippen molar-refractivity contribution in [2.24, 2.45) is 5.10 Å². The Bertz CT molecular complexity index is 1060. The highest BCUT2D eigenvalue weighted by Crippen LogP contribution is 2.34. The Hall–Kier alpha value is -3.26. The Morgan fingerprint density at radius 2 is 1.94 bits per heavy atom. The van der Waals surface area contributed by atoms with Gasteiger partial charge in [-0.05, 0) is 56.1 Å². The number of hydrazone groups is 1. The number of rotatable bonds is 7. The number of carbonyl (C=O) groups excluding carboxylic acids is 2. The van der Waals surface area contributed by atoms with Crippen LogP contribution >= 0.6 is 0 Å². The maximum Gasteiger partial charge on any atom is 0.323 e. The minimum absolute atomic E-state index is 0.0655. The molecule has 2 aliphatic rings. The maximum absolute atomic E-state index is 13.6. The number of ether oxygens (including phenoxy) is 2. The summed E-state index contributed by atoms with van der Waals surface area (Å²) in [6.45, 7) is 2.80. The minimum Gasteiger partial charge on any atom is -0.497 e. The lowest BCUT2D eigenvalue weighted by atomic mass is 9.98. The minimum atomic E-state index is -0.425. The molecule has 180 valence electrons. The Kier molecular flexibility index (Phi) is 7.57. The number of esters is 1. The molecule has 7 nitrogen and oxygen atoms in total. The van der Waals surface area contributed by atoms with Gasteiger partial charge in [-0.1, -0.05) is 30.7 Å². The maximum atomic E-state index is 13.6. The van der Waals surface area contributed by atoms with Gasteiger partial charge in [0.25, 0.3) is 5.91 Å². The molecule has 0 spiro atoms. The van der Waals surface area contributed by atoms with Crippen LogP contribution in [0, 0.1) is 5.82 Å². The van der Waals surface area contributed by atoms with Crippen LogP contribution in [-0.2, 0) is 14.3 Å². The van der Waals surface area contributed by atoms with Crippen LogP contribution in [0.25, 0.3) is 0 Å². The molecule has 0 aliphatic carbocycles. The van der Waals surface area contributed by atoms with E-state index in [1.54, 1.807) is 26.2 Å². The lowest BCUT2D eigenvalue weighted by Gasteiger charge is -2.34. The second kappa shape index (κ2) is 10.8. The van der Waals surface area contributed by atoms with Crippen molar-refractivity contribution >= 4 is 17.6 Å². The molecule has 2 aliphatic heterocycles. The van der Waals surface area contributed by atoms with Gasteiger partial charge in [0.1, 0.15) is 17.6 Å². The summed E-state index contributed by atoms with van der Waals surface area (Å²) in [6.07, 6.45) is 3.01. The fourth-order valence-electron chi connectivity index (χ4n) is 4.59. The molecule has 0 unspecified atom stereocenters. The van der Waals surface area contributed by atoms with Crippen molar-refractivity contribution in [2.45, 2.75) is 44.7 Å². The number of likely N-dealkylation sites (tertiary alicyclic amines) is 1. The molecule has 0 aromatic heterocycles. The molecular weight excluding hydrogens is 437 g/mol. The van der Waals surface area contributed by atoms with E-state index in [1.807, 2.05) is 29.2 Å². The molecule has 1 fully saturated rings. The molecule has 2 aromatic carbocycles. The number of methoxy groups -OCH3 is 1. The molecular formula is C26H30FN3O4. The van der Waals surface area contributed by atoms with Gasteiger partial charge < -0.3 is 9.47 Å². The summed E-state index contributed by atoms with van der Waals surface area (Å²) < 4.78 is 24.1. The summed E-state index contributed by atoms with van der Waals surface area (Å²) in [5, 5.41) is 6.18.